The van der Waals surface area contributed by atoms with Gasteiger partial charge < -0.3 is 14.6 Å². The van der Waals surface area contributed by atoms with Gasteiger partial charge >= 0.3 is 0 Å². The summed E-state index contributed by atoms with van der Waals surface area (Å²) in [5.74, 6) is -0.835. The molecule has 0 radical (unpaired) electrons. The zero-order valence-electron chi connectivity index (χ0n) is 17.4. The normalized spacial score (nSPS) is 18.0. The van der Waals surface area contributed by atoms with Crippen LogP contribution >= 0.6 is 0 Å². The van der Waals surface area contributed by atoms with E-state index >= 15 is 0 Å². The van der Waals surface area contributed by atoms with Gasteiger partial charge in [0.15, 0.2) is 5.76 Å². The lowest BCUT2D eigenvalue weighted by molar-refractivity contribution is 0.0725. The first-order chi connectivity index (χ1) is 15.0. The van der Waals surface area contributed by atoms with Gasteiger partial charge in [0.2, 0.25) is 5.09 Å². The third-order valence-corrected chi connectivity index (χ3v) is 7.54. The Morgan fingerprint density at radius 1 is 0.839 bits per heavy atom. The molecule has 0 unspecified atom stereocenters. The molecule has 0 spiro atoms. The SMILES string of the molecule is O=C(Nc1ccccc1C(=O)N1CCCCC1)c1ccc(S(=O)(=O)N2CCCCC2)o1. The van der Waals surface area contributed by atoms with Gasteiger partial charge in [-0.2, -0.15) is 4.31 Å². The van der Waals surface area contributed by atoms with Crippen LogP contribution in [0.5, 0.6) is 0 Å². The van der Waals surface area contributed by atoms with Crippen LogP contribution in [0.3, 0.4) is 0 Å². The number of furan rings is 1. The molecule has 2 fully saturated rings. The molecule has 31 heavy (non-hydrogen) atoms. The van der Waals surface area contributed by atoms with Gasteiger partial charge in [-0.1, -0.05) is 18.6 Å². The Morgan fingerprint density at radius 2 is 1.48 bits per heavy atom. The number of amides is 2. The van der Waals surface area contributed by atoms with E-state index in [1.807, 2.05) is 0 Å². The number of carbonyl (C=O) groups excluding carboxylic acids is 2. The molecule has 3 heterocycles. The third-order valence-electron chi connectivity index (χ3n) is 5.76. The molecular weight excluding hydrogens is 418 g/mol. The second kappa shape index (κ2) is 9.23. The molecule has 2 aliphatic heterocycles. The molecule has 4 rings (SSSR count). The van der Waals surface area contributed by atoms with Crippen molar-refractivity contribution in [2.24, 2.45) is 0 Å². The molecule has 2 saturated heterocycles. The summed E-state index contributed by atoms with van der Waals surface area (Å²) in [4.78, 5) is 27.5. The summed E-state index contributed by atoms with van der Waals surface area (Å²) in [6.07, 6.45) is 5.70. The molecule has 2 aliphatic rings. The number of hydrogen-bond donors (Lipinski definition) is 1. The van der Waals surface area contributed by atoms with Gasteiger partial charge in [-0.3, -0.25) is 9.59 Å². The summed E-state index contributed by atoms with van der Waals surface area (Å²) >= 11 is 0. The maximum absolute atomic E-state index is 12.9. The molecule has 166 valence electrons. The average molecular weight is 446 g/mol. The number of rotatable bonds is 5. The van der Waals surface area contributed by atoms with E-state index in [0.717, 1.165) is 38.5 Å². The monoisotopic (exact) mass is 445 g/mol. The molecule has 1 aromatic carbocycles. The lowest BCUT2D eigenvalue weighted by Crippen LogP contribution is -2.36. The van der Waals surface area contributed by atoms with Gasteiger partial charge in [0.1, 0.15) is 0 Å². The maximum atomic E-state index is 12.9. The van der Waals surface area contributed by atoms with Crippen molar-refractivity contribution in [3.05, 3.63) is 47.7 Å². The number of hydrogen-bond acceptors (Lipinski definition) is 5. The minimum absolute atomic E-state index is 0.115. The standard InChI is InChI=1S/C22H27N3O5S/c26-21(19-11-12-20(30-19)31(28,29)25-15-7-2-8-16-25)23-18-10-4-3-9-17(18)22(27)24-13-5-1-6-14-24/h3-4,9-12H,1-2,5-8,13-16H2,(H,23,26). The fourth-order valence-electron chi connectivity index (χ4n) is 4.04. The molecule has 1 aromatic heterocycles. The number of benzene rings is 1. The number of anilines is 1. The predicted molar refractivity (Wildman–Crippen MR) is 115 cm³/mol. The number of likely N-dealkylation sites (tertiary alicyclic amines) is 1. The highest BCUT2D eigenvalue weighted by atomic mass is 32.2. The number of piperidine rings is 2. The van der Waals surface area contributed by atoms with E-state index in [1.54, 1.807) is 29.2 Å². The maximum Gasteiger partial charge on any atom is 0.291 e. The van der Waals surface area contributed by atoms with Crippen LogP contribution in [0.25, 0.3) is 0 Å². The average Bonchev–Trinajstić information content (AvgIpc) is 3.32. The van der Waals surface area contributed by atoms with E-state index in [1.165, 1.54) is 16.4 Å². The van der Waals surface area contributed by atoms with E-state index in [2.05, 4.69) is 5.32 Å². The fourth-order valence-corrected chi connectivity index (χ4v) is 5.47. The van der Waals surface area contributed by atoms with Gasteiger partial charge in [-0.15, -0.1) is 0 Å². The van der Waals surface area contributed by atoms with Crippen LogP contribution in [0.15, 0.2) is 45.9 Å². The lowest BCUT2D eigenvalue weighted by atomic mass is 10.1. The highest BCUT2D eigenvalue weighted by molar-refractivity contribution is 7.89. The third kappa shape index (κ3) is 4.67. The van der Waals surface area contributed by atoms with Crippen LogP contribution < -0.4 is 5.32 Å². The van der Waals surface area contributed by atoms with Crippen molar-refractivity contribution in [2.75, 3.05) is 31.5 Å². The van der Waals surface area contributed by atoms with E-state index < -0.39 is 15.9 Å². The van der Waals surface area contributed by atoms with E-state index in [-0.39, 0.29) is 16.8 Å². The van der Waals surface area contributed by atoms with Crippen LogP contribution in [0.4, 0.5) is 5.69 Å². The van der Waals surface area contributed by atoms with Crippen LogP contribution in [0, 0.1) is 0 Å². The summed E-state index contributed by atoms with van der Waals surface area (Å²) in [5.41, 5.74) is 0.783. The topological polar surface area (TPSA) is 99.9 Å². The minimum atomic E-state index is -3.76. The predicted octanol–water partition coefficient (Wildman–Crippen LogP) is 3.33. The van der Waals surface area contributed by atoms with E-state index in [4.69, 9.17) is 4.42 Å². The molecule has 1 N–H and O–H groups in total. The zero-order chi connectivity index (χ0) is 21.8. The highest BCUT2D eigenvalue weighted by Gasteiger charge is 2.30. The van der Waals surface area contributed by atoms with Crippen LogP contribution in [0.2, 0.25) is 0 Å². The highest BCUT2D eigenvalue weighted by Crippen LogP contribution is 2.24. The van der Waals surface area contributed by atoms with Gasteiger partial charge in [0.05, 0.1) is 11.3 Å². The zero-order valence-corrected chi connectivity index (χ0v) is 18.2. The number of carbonyl (C=O) groups is 2. The molecule has 2 aromatic rings. The quantitative estimate of drug-likeness (QED) is 0.761. The summed E-state index contributed by atoms with van der Waals surface area (Å²) in [6, 6.07) is 9.48. The van der Waals surface area contributed by atoms with Crippen LogP contribution in [-0.4, -0.2) is 55.6 Å². The van der Waals surface area contributed by atoms with Crippen molar-refractivity contribution in [1.82, 2.24) is 9.21 Å². The first-order valence-electron chi connectivity index (χ1n) is 10.8. The molecule has 0 bridgehead atoms. The van der Waals surface area contributed by atoms with E-state index in [0.29, 0.717) is 37.4 Å². The van der Waals surface area contributed by atoms with Gasteiger partial charge in [0, 0.05) is 26.2 Å². The molecule has 2 amide bonds. The number of nitrogens with one attached hydrogen (secondary N) is 1. The summed E-state index contributed by atoms with van der Waals surface area (Å²) < 4.78 is 32.3. The lowest BCUT2D eigenvalue weighted by Gasteiger charge is -2.27. The number of para-hydroxylation sites is 1. The Labute approximate surface area is 182 Å². The van der Waals surface area contributed by atoms with Crippen molar-refractivity contribution in [1.29, 1.82) is 0 Å². The Morgan fingerprint density at radius 3 is 2.19 bits per heavy atom. The Balaban J connectivity index is 1.50. The molecule has 0 atom stereocenters. The summed E-state index contributed by atoms with van der Waals surface area (Å²) in [7, 11) is -3.76. The smallest absolute Gasteiger partial charge is 0.291 e. The molecule has 0 aliphatic carbocycles. The fraction of sp³-hybridized carbons (Fsp3) is 0.455. The first-order valence-corrected chi connectivity index (χ1v) is 12.2. The summed E-state index contributed by atoms with van der Waals surface area (Å²) in [5, 5.41) is 2.46. The minimum Gasteiger partial charge on any atom is -0.438 e. The van der Waals surface area contributed by atoms with Gasteiger partial charge in [0.25, 0.3) is 21.8 Å². The Hall–Kier alpha value is -2.65. The van der Waals surface area contributed by atoms with Crippen molar-refractivity contribution in [3.8, 4) is 0 Å². The number of sulfonamides is 1. The second-order valence-corrected chi connectivity index (χ2v) is 9.80. The summed E-state index contributed by atoms with van der Waals surface area (Å²) in [6.45, 7) is 2.32. The largest absolute Gasteiger partial charge is 0.438 e. The van der Waals surface area contributed by atoms with Crippen LogP contribution in [0.1, 0.15) is 59.4 Å². The second-order valence-electron chi connectivity index (χ2n) is 7.94. The molecule has 0 saturated carbocycles. The van der Waals surface area contributed by atoms with Crippen molar-refractivity contribution < 1.29 is 22.4 Å². The first kappa shape index (κ1) is 21.6. The number of nitrogens with zero attached hydrogens (tertiary/aromatic N) is 2. The Bertz CT molecular complexity index is 1050. The molecular formula is C22H27N3O5S. The van der Waals surface area contributed by atoms with Crippen molar-refractivity contribution in [2.45, 2.75) is 43.6 Å². The van der Waals surface area contributed by atoms with Gasteiger partial charge in [-0.25, -0.2) is 8.42 Å². The molecule has 9 heteroatoms. The molecule has 8 nitrogen and oxygen atoms in total. The van der Waals surface area contributed by atoms with Crippen LogP contribution in [-0.2, 0) is 10.0 Å². The van der Waals surface area contributed by atoms with E-state index in [9.17, 15) is 18.0 Å². The Kier molecular flexibility index (Phi) is 6.43. The van der Waals surface area contributed by atoms with Crippen molar-refractivity contribution >= 4 is 27.5 Å². The van der Waals surface area contributed by atoms with Gasteiger partial charge in [-0.05, 0) is 56.4 Å². The van der Waals surface area contributed by atoms with Crippen molar-refractivity contribution in [3.63, 3.8) is 0 Å².